The van der Waals surface area contributed by atoms with Crippen molar-refractivity contribution in [2.24, 2.45) is 0 Å². The molecule has 3 rings (SSSR count). The van der Waals surface area contributed by atoms with Crippen LogP contribution >= 0.6 is 11.3 Å². The van der Waals surface area contributed by atoms with E-state index in [0.29, 0.717) is 5.69 Å². The smallest absolute Gasteiger partial charge is 0.146 e. The van der Waals surface area contributed by atoms with Gasteiger partial charge in [-0.3, -0.25) is 0 Å². The molecule has 0 saturated carbocycles. The average molecular weight is 299 g/mol. The third-order valence-electron chi connectivity index (χ3n) is 3.77. The predicted octanol–water partition coefficient (Wildman–Crippen LogP) is 5.83. The number of aryl methyl sites for hydroxylation is 2. The topological polar surface area (TPSA) is 12.0 Å². The van der Waals surface area contributed by atoms with Crippen LogP contribution in [0.25, 0.3) is 10.1 Å². The maximum Gasteiger partial charge on any atom is 0.146 e. The van der Waals surface area contributed by atoms with Crippen LogP contribution in [0.3, 0.4) is 0 Å². The van der Waals surface area contributed by atoms with Crippen LogP contribution in [0.15, 0.2) is 42.5 Å². The van der Waals surface area contributed by atoms with Crippen LogP contribution in [0, 0.1) is 19.7 Å². The van der Waals surface area contributed by atoms with Gasteiger partial charge in [0.25, 0.3) is 0 Å². The molecule has 0 aliphatic carbocycles. The first-order valence-corrected chi connectivity index (χ1v) is 7.88. The van der Waals surface area contributed by atoms with E-state index in [1.165, 1.54) is 20.5 Å². The summed E-state index contributed by atoms with van der Waals surface area (Å²) < 4.78 is 15.3. The van der Waals surface area contributed by atoms with E-state index in [-0.39, 0.29) is 11.9 Å². The minimum atomic E-state index is -0.194. The first-order chi connectivity index (χ1) is 10.1. The van der Waals surface area contributed by atoms with E-state index >= 15 is 0 Å². The van der Waals surface area contributed by atoms with Gasteiger partial charge in [-0.25, -0.2) is 4.39 Å². The molecule has 21 heavy (non-hydrogen) atoms. The van der Waals surface area contributed by atoms with E-state index in [9.17, 15) is 4.39 Å². The highest BCUT2D eigenvalue weighted by molar-refractivity contribution is 7.19. The molecule has 0 fully saturated rings. The molecule has 0 aliphatic heterocycles. The molecule has 1 N–H and O–H groups in total. The van der Waals surface area contributed by atoms with Gasteiger partial charge in [-0.2, -0.15) is 0 Å². The highest BCUT2D eigenvalue weighted by Crippen LogP contribution is 2.36. The number of hydrogen-bond acceptors (Lipinski definition) is 2. The van der Waals surface area contributed by atoms with Crippen molar-refractivity contribution in [1.82, 2.24) is 0 Å². The summed E-state index contributed by atoms with van der Waals surface area (Å²) in [5, 5.41) is 4.58. The largest absolute Gasteiger partial charge is 0.375 e. The highest BCUT2D eigenvalue weighted by Gasteiger charge is 2.15. The molecule has 0 aliphatic rings. The summed E-state index contributed by atoms with van der Waals surface area (Å²) in [6.07, 6.45) is 0. The van der Waals surface area contributed by atoms with E-state index in [1.807, 2.05) is 19.1 Å². The van der Waals surface area contributed by atoms with Crippen LogP contribution in [0.4, 0.5) is 10.1 Å². The third kappa shape index (κ3) is 2.66. The lowest BCUT2D eigenvalue weighted by molar-refractivity contribution is 0.626. The van der Waals surface area contributed by atoms with E-state index in [2.05, 4.69) is 43.4 Å². The molecule has 0 radical (unpaired) electrons. The fourth-order valence-electron chi connectivity index (χ4n) is 2.64. The van der Waals surface area contributed by atoms with Gasteiger partial charge in [-0.1, -0.05) is 24.3 Å². The second-order valence-electron chi connectivity index (χ2n) is 5.44. The predicted molar refractivity (Wildman–Crippen MR) is 89.7 cm³/mol. The summed E-state index contributed by atoms with van der Waals surface area (Å²) >= 11 is 1.78. The van der Waals surface area contributed by atoms with Crippen LogP contribution in [0.5, 0.6) is 0 Å². The standard InChI is InChI=1S/C18H18FNS/c1-11-8-9-16(15(19)10-11)20-13(3)18-12(2)14-6-4-5-7-17(14)21-18/h4-10,13,20H,1-3H3. The van der Waals surface area contributed by atoms with Gasteiger partial charge in [0, 0.05) is 9.58 Å². The monoisotopic (exact) mass is 299 g/mol. The van der Waals surface area contributed by atoms with Gasteiger partial charge in [0.1, 0.15) is 5.82 Å². The molecule has 2 aromatic carbocycles. The van der Waals surface area contributed by atoms with Gasteiger partial charge < -0.3 is 5.32 Å². The van der Waals surface area contributed by atoms with Crippen molar-refractivity contribution in [2.45, 2.75) is 26.8 Å². The Morgan fingerprint density at radius 3 is 2.57 bits per heavy atom. The number of anilines is 1. The summed E-state index contributed by atoms with van der Waals surface area (Å²) in [6.45, 7) is 6.11. The summed E-state index contributed by atoms with van der Waals surface area (Å²) in [7, 11) is 0. The van der Waals surface area contributed by atoms with Crippen molar-refractivity contribution in [3.63, 3.8) is 0 Å². The van der Waals surface area contributed by atoms with Crippen molar-refractivity contribution < 1.29 is 4.39 Å². The summed E-state index contributed by atoms with van der Waals surface area (Å²) in [4.78, 5) is 1.26. The van der Waals surface area contributed by atoms with Gasteiger partial charge in [0.05, 0.1) is 11.7 Å². The zero-order chi connectivity index (χ0) is 15.0. The van der Waals surface area contributed by atoms with Crippen molar-refractivity contribution in [1.29, 1.82) is 0 Å². The quantitative estimate of drug-likeness (QED) is 0.641. The fraction of sp³-hybridized carbons (Fsp3) is 0.222. The number of fused-ring (bicyclic) bond motifs is 1. The maximum absolute atomic E-state index is 14.0. The first-order valence-electron chi connectivity index (χ1n) is 7.07. The van der Waals surface area contributed by atoms with Crippen LogP contribution in [-0.2, 0) is 0 Å². The maximum atomic E-state index is 14.0. The Bertz CT molecular complexity index is 791. The zero-order valence-electron chi connectivity index (χ0n) is 12.4. The molecule has 1 unspecified atom stereocenters. The van der Waals surface area contributed by atoms with Crippen LogP contribution in [0.1, 0.15) is 29.0 Å². The van der Waals surface area contributed by atoms with E-state index < -0.39 is 0 Å². The normalized spacial score (nSPS) is 12.6. The Kier molecular flexibility index (Phi) is 3.68. The Morgan fingerprint density at radius 1 is 1.10 bits per heavy atom. The van der Waals surface area contributed by atoms with Gasteiger partial charge >= 0.3 is 0 Å². The lowest BCUT2D eigenvalue weighted by Gasteiger charge is -2.16. The second-order valence-corrected chi connectivity index (χ2v) is 6.52. The molecular formula is C18H18FNS. The summed E-state index contributed by atoms with van der Waals surface area (Å²) in [6, 6.07) is 13.8. The number of thiophene rings is 1. The van der Waals surface area contributed by atoms with E-state index in [0.717, 1.165) is 5.56 Å². The first kappa shape index (κ1) is 14.1. The van der Waals surface area contributed by atoms with Crippen molar-refractivity contribution in [3.8, 4) is 0 Å². The summed E-state index contributed by atoms with van der Waals surface area (Å²) in [5.41, 5.74) is 2.77. The molecule has 0 spiro atoms. The second kappa shape index (κ2) is 5.49. The molecule has 3 heteroatoms. The van der Waals surface area contributed by atoms with Gasteiger partial charge in [0.2, 0.25) is 0 Å². The summed E-state index contributed by atoms with van der Waals surface area (Å²) in [5.74, 6) is -0.194. The molecule has 0 amide bonds. The molecule has 0 bridgehead atoms. The Morgan fingerprint density at radius 2 is 1.86 bits per heavy atom. The lowest BCUT2D eigenvalue weighted by Crippen LogP contribution is -2.07. The Labute approximate surface area is 128 Å². The van der Waals surface area contributed by atoms with Gasteiger partial charge in [-0.05, 0) is 55.5 Å². The average Bonchev–Trinajstić information content (AvgIpc) is 2.80. The fourth-order valence-corrected chi connectivity index (χ4v) is 3.86. The molecule has 1 nitrogen and oxygen atoms in total. The minimum absolute atomic E-state index is 0.0830. The van der Waals surface area contributed by atoms with Gasteiger partial charge in [0.15, 0.2) is 0 Å². The highest BCUT2D eigenvalue weighted by atomic mass is 32.1. The lowest BCUT2D eigenvalue weighted by atomic mass is 10.1. The Hall–Kier alpha value is -1.87. The van der Waals surface area contributed by atoms with Crippen molar-refractivity contribution >= 4 is 27.1 Å². The van der Waals surface area contributed by atoms with Crippen molar-refractivity contribution in [2.75, 3.05) is 5.32 Å². The zero-order valence-corrected chi connectivity index (χ0v) is 13.2. The molecule has 0 saturated heterocycles. The Balaban J connectivity index is 1.93. The SMILES string of the molecule is Cc1ccc(NC(C)c2sc3ccccc3c2C)c(F)c1. The molecule has 1 atom stereocenters. The number of halogens is 1. The molecule has 1 heterocycles. The molecular weight excluding hydrogens is 281 g/mol. The van der Waals surface area contributed by atoms with E-state index in [1.54, 1.807) is 17.4 Å². The van der Waals surface area contributed by atoms with Crippen molar-refractivity contribution in [3.05, 3.63) is 64.3 Å². The minimum Gasteiger partial charge on any atom is -0.375 e. The third-order valence-corrected chi connectivity index (χ3v) is 5.23. The number of nitrogens with one attached hydrogen (secondary N) is 1. The molecule has 1 aromatic heterocycles. The number of rotatable bonds is 3. The van der Waals surface area contributed by atoms with Crippen LogP contribution in [0.2, 0.25) is 0 Å². The van der Waals surface area contributed by atoms with Crippen LogP contribution < -0.4 is 5.32 Å². The number of hydrogen-bond donors (Lipinski definition) is 1. The molecule has 108 valence electrons. The number of benzene rings is 2. The van der Waals surface area contributed by atoms with Crippen LogP contribution in [-0.4, -0.2) is 0 Å². The molecule has 3 aromatic rings. The van der Waals surface area contributed by atoms with Gasteiger partial charge in [-0.15, -0.1) is 11.3 Å². The van der Waals surface area contributed by atoms with E-state index in [4.69, 9.17) is 0 Å².